The Balaban J connectivity index is 2.72. The Hall–Kier alpha value is -1.86. The second-order valence-electron chi connectivity index (χ2n) is 4.62. The average molecular weight is 263 g/mol. The molecule has 1 aromatic carbocycles. The van der Waals surface area contributed by atoms with Crippen LogP contribution in [0.15, 0.2) is 18.2 Å². The van der Waals surface area contributed by atoms with E-state index in [-0.39, 0.29) is 24.0 Å². The van der Waals surface area contributed by atoms with E-state index in [1.54, 1.807) is 6.07 Å². The molecule has 0 unspecified atom stereocenters. The van der Waals surface area contributed by atoms with Crippen molar-refractivity contribution >= 4 is 11.6 Å². The molecule has 1 rings (SSSR count). The third-order valence-corrected chi connectivity index (χ3v) is 2.31. The minimum atomic E-state index is -0.479. The molecule has 4 heteroatoms. The van der Waals surface area contributed by atoms with Crippen molar-refractivity contribution in [3.8, 4) is 11.8 Å². The number of aliphatic hydroxyl groups is 1. The van der Waals surface area contributed by atoms with Gasteiger partial charge in [0.05, 0.1) is 12.2 Å². The van der Waals surface area contributed by atoms with Crippen LogP contribution < -0.4 is 5.32 Å². The highest BCUT2D eigenvalue weighted by atomic mass is 19.1. The van der Waals surface area contributed by atoms with E-state index >= 15 is 0 Å². The highest BCUT2D eigenvalue weighted by Crippen LogP contribution is 2.14. The van der Waals surface area contributed by atoms with Crippen molar-refractivity contribution in [2.75, 3.05) is 11.9 Å². The maximum atomic E-state index is 13.7. The third kappa shape index (κ3) is 5.54. The quantitative estimate of drug-likeness (QED) is 0.820. The van der Waals surface area contributed by atoms with E-state index in [0.29, 0.717) is 18.5 Å². The lowest BCUT2D eigenvalue weighted by atomic mass is 10.1. The van der Waals surface area contributed by atoms with Gasteiger partial charge in [-0.3, -0.25) is 4.79 Å². The fourth-order valence-electron chi connectivity index (χ4n) is 1.49. The molecule has 2 N–H and O–H groups in total. The zero-order chi connectivity index (χ0) is 14.3. The number of amides is 1. The zero-order valence-electron chi connectivity index (χ0n) is 11.2. The third-order valence-electron chi connectivity index (χ3n) is 2.31. The van der Waals surface area contributed by atoms with Crippen LogP contribution in [-0.4, -0.2) is 17.6 Å². The number of carbonyl (C=O) groups is 1. The number of aliphatic hydroxyl groups excluding tert-OH is 1. The summed E-state index contributed by atoms with van der Waals surface area (Å²) in [6.45, 7) is 3.85. The van der Waals surface area contributed by atoms with Gasteiger partial charge >= 0.3 is 0 Å². The summed E-state index contributed by atoms with van der Waals surface area (Å²) >= 11 is 0. The van der Waals surface area contributed by atoms with E-state index in [9.17, 15) is 9.18 Å². The van der Waals surface area contributed by atoms with Crippen LogP contribution in [0.25, 0.3) is 0 Å². The van der Waals surface area contributed by atoms with Crippen molar-refractivity contribution in [1.82, 2.24) is 0 Å². The molecule has 0 bridgehead atoms. The molecule has 19 heavy (non-hydrogen) atoms. The van der Waals surface area contributed by atoms with Crippen molar-refractivity contribution < 1.29 is 14.3 Å². The van der Waals surface area contributed by atoms with E-state index < -0.39 is 5.82 Å². The number of hydrogen-bond acceptors (Lipinski definition) is 2. The second kappa shape index (κ2) is 7.55. The van der Waals surface area contributed by atoms with E-state index in [1.165, 1.54) is 12.1 Å². The molecule has 1 amide bonds. The SMILES string of the molecule is CC(C)CC(=O)Nc1ccc(C#CCCO)c(F)c1. The van der Waals surface area contributed by atoms with Crippen molar-refractivity contribution in [2.45, 2.75) is 26.7 Å². The summed E-state index contributed by atoms with van der Waals surface area (Å²) in [6, 6.07) is 4.39. The number of halogens is 1. The highest BCUT2D eigenvalue weighted by Gasteiger charge is 2.07. The van der Waals surface area contributed by atoms with Crippen LogP contribution in [0, 0.1) is 23.6 Å². The predicted octanol–water partition coefficient (Wildman–Crippen LogP) is 2.54. The van der Waals surface area contributed by atoms with Crippen LogP contribution in [-0.2, 0) is 4.79 Å². The summed E-state index contributed by atoms with van der Waals surface area (Å²) in [5, 5.41) is 11.2. The number of anilines is 1. The molecule has 0 heterocycles. The number of hydrogen-bond donors (Lipinski definition) is 2. The molecule has 0 aromatic heterocycles. The molecule has 0 aliphatic rings. The first-order chi connectivity index (χ1) is 9.02. The Labute approximate surface area is 112 Å². The smallest absolute Gasteiger partial charge is 0.224 e. The van der Waals surface area contributed by atoms with Gasteiger partial charge in [-0.05, 0) is 24.1 Å². The van der Waals surface area contributed by atoms with Gasteiger partial charge in [0.15, 0.2) is 0 Å². The molecule has 0 radical (unpaired) electrons. The summed E-state index contributed by atoms with van der Waals surface area (Å²) in [4.78, 5) is 11.5. The van der Waals surface area contributed by atoms with Gasteiger partial charge in [0.1, 0.15) is 5.82 Å². The molecular weight excluding hydrogens is 245 g/mol. The number of benzene rings is 1. The minimum Gasteiger partial charge on any atom is -0.395 e. The van der Waals surface area contributed by atoms with Gasteiger partial charge in [-0.1, -0.05) is 25.7 Å². The highest BCUT2D eigenvalue weighted by molar-refractivity contribution is 5.90. The summed E-state index contributed by atoms with van der Waals surface area (Å²) in [5.74, 6) is 4.93. The standard InChI is InChI=1S/C15H18FNO2/c1-11(2)9-15(19)17-13-7-6-12(14(16)10-13)5-3-4-8-18/h6-7,10-11,18H,4,8-9H2,1-2H3,(H,17,19). The van der Waals surface area contributed by atoms with Crippen molar-refractivity contribution in [3.05, 3.63) is 29.6 Å². The van der Waals surface area contributed by atoms with Crippen LogP contribution in [0.1, 0.15) is 32.3 Å². The molecule has 0 saturated carbocycles. The lowest BCUT2D eigenvalue weighted by Gasteiger charge is -2.07. The molecule has 0 spiro atoms. The fraction of sp³-hybridized carbons (Fsp3) is 0.400. The summed E-state index contributed by atoms with van der Waals surface area (Å²) in [7, 11) is 0. The predicted molar refractivity (Wildman–Crippen MR) is 73.1 cm³/mol. The van der Waals surface area contributed by atoms with Gasteiger partial charge < -0.3 is 10.4 Å². The Morgan fingerprint density at radius 2 is 2.21 bits per heavy atom. The van der Waals surface area contributed by atoms with Crippen molar-refractivity contribution in [2.24, 2.45) is 5.92 Å². The summed E-state index contributed by atoms with van der Waals surface area (Å²) in [5.41, 5.74) is 0.686. The molecule has 1 aromatic rings. The van der Waals surface area contributed by atoms with Gasteiger partial charge in [-0.25, -0.2) is 4.39 Å². The lowest BCUT2D eigenvalue weighted by Crippen LogP contribution is -2.13. The van der Waals surface area contributed by atoms with Crippen LogP contribution in [0.2, 0.25) is 0 Å². The fourth-order valence-corrected chi connectivity index (χ4v) is 1.49. The molecule has 0 fully saturated rings. The second-order valence-corrected chi connectivity index (χ2v) is 4.62. The van der Waals surface area contributed by atoms with E-state index in [0.717, 1.165) is 0 Å². The first-order valence-electron chi connectivity index (χ1n) is 6.22. The van der Waals surface area contributed by atoms with Crippen LogP contribution in [0.3, 0.4) is 0 Å². The lowest BCUT2D eigenvalue weighted by molar-refractivity contribution is -0.116. The van der Waals surface area contributed by atoms with Crippen molar-refractivity contribution in [3.63, 3.8) is 0 Å². The maximum absolute atomic E-state index is 13.7. The first kappa shape index (κ1) is 15.2. The molecule has 0 saturated heterocycles. The number of carbonyl (C=O) groups excluding carboxylic acids is 1. The maximum Gasteiger partial charge on any atom is 0.224 e. The van der Waals surface area contributed by atoms with Gasteiger partial charge in [-0.15, -0.1) is 0 Å². The van der Waals surface area contributed by atoms with Gasteiger partial charge in [-0.2, -0.15) is 0 Å². The number of nitrogens with one attached hydrogen (secondary N) is 1. The molecular formula is C15H18FNO2. The topological polar surface area (TPSA) is 49.3 Å². The Bertz CT molecular complexity index is 501. The van der Waals surface area contributed by atoms with Gasteiger partial charge in [0.25, 0.3) is 0 Å². The molecule has 0 atom stereocenters. The van der Waals surface area contributed by atoms with Crippen LogP contribution in [0.5, 0.6) is 0 Å². The van der Waals surface area contributed by atoms with E-state index in [4.69, 9.17) is 5.11 Å². The monoisotopic (exact) mass is 263 g/mol. The zero-order valence-corrected chi connectivity index (χ0v) is 11.2. The minimum absolute atomic E-state index is 0.0437. The molecule has 0 aliphatic carbocycles. The van der Waals surface area contributed by atoms with Gasteiger partial charge in [0.2, 0.25) is 5.91 Å². The molecule has 102 valence electrons. The summed E-state index contributed by atoms with van der Waals surface area (Å²) < 4.78 is 13.7. The molecule has 0 aliphatic heterocycles. The Morgan fingerprint density at radius 3 is 2.79 bits per heavy atom. The van der Waals surface area contributed by atoms with Crippen LogP contribution in [0.4, 0.5) is 10.1 Å². The normalized spacial score (nSPS) is 9.95. The Morgan fingerprint density at radius 1 is 1.47 bits per heavy atom. The number of rotatable bonds is 4. The molecule has 3 nitrogen and oxygen atoms in total. The first-order valence-corrected chi connectivity index (χ1v) is 6.22. The Kier molecular flexibility index (Phi) is 6.04. The van der Waals surface area contributed by atoms with Gasteiger partial charge in [0, 0.05) is 18.5 Å². The average Bonchev–Trinajstić information content (AvgIpc) is 2.31. The van der Waals surface area contributed by atoms with E-state index in [2.05, 4.69) is 17.2 Å². The van der Waals surface area contributed by atoms with E-state index in [1.807, 2.05) is 13.8 Å². The van der Waals surface area contributed by atoms with Crippen LogP contribution >= 0.6 is 0 Å². The summed E-state index contributed by atoms with van der Waals surface area (Å²) in [6.07, 6.45) is 0.714. The van der Waals surface area contributed by atoms with Crippen molar-refractivity contribution in [1.29, 1.82) is 0 Å². The largest absolute Gasteiger partial charge is 0.395 e.